The first kappa shape index (κ1) is 22.4. The third-order valence-corrected chi connectivity index (χ3v) is 7.07. The summed E-state index contributed by atoms with van der Waals surface area (Å²) in [5.74, 6) is -0.967. The molecule has 0 unspecified atom stereocenters. The second-order valence-corrected chi connectivity index (χ2v) is 9.45. The van der Waals surface area contributed by atoms with Crippen molar-refractivity contribution in [1.29, 1.82) is 0 Å². The van der Waals surface area contributed by atoms with E-state index < -0.39 is 26.0 Å². The number of amides is 1. The number of hydrogen-bond donors (Lipinski definition) is 1. The Morgan fingerprint density at radius 2 is 1.70 bits per heavy atom. The van der Waals surface area contributed by atoms with E-state index in [1.54, 1.807) is 36.4 Å². The number of aryl methyl sites for hydroxylation is 1. The summed E-state index contributed by atoms with van der Waals surface area (Å²) in [5, 5.41) is 2.96. The number of nitrogens with zero attached hydrogens (tertiary/aromatic N) is 1. The van der Waals surface area contributed by atoms with Crippen LogP contribution < -0.4 is 10.7 Å². The van der Waals surface area contributed by atoms with E-state index in [-0.39, 0.29) is 22.7 Å². The van der Waals surface area contributed by atoms with Crippen LogP contribution in [-0.2, 0) is 27.6 Å². The standard InChI is InChI=1S/C25H21FN2O4S/c1-2-17-8-13-22-21(14-17)25(30)23(33(31,32)20-11-9-18(26)10-12-20)15-28(22)16-24(29)27-19-6-4-3-5-7-19/h3-15H,2,16H2,1H3,(H,27,29). The van der Waals surface area contributed by atoms with Crippen LogP contribution in [0.2, 0.25) is 0 Å². The molecule has 0 atom stereocenters. The molecule has 0 bridgehead atoms. The van der Waals surface area contributed by atoms with Gasteiger partial charge in [0.15, 0.2) is 0 Å². The Morgan fingerprint density at radius 3 is 2.36 bits per heavy atom. The fourth-order valence-corrected chi connectivity index (χ4v) is 4.95. The van der Waals surface area contributed by atoms with Gasteiger partial charge in [-0.2, -0.15) is 0 Å². The lowest BCUT2D eigenvalue weighted by Gasteiger charge is -2.15. The van der Waals surface area contributed by atoms with Crippen molar-refractivity contribution in [3.05, 3.63) is 101 Å². The predicted octanol–water partition coefficient (Wildman–Crippen LogP) is 4.17. The molecule has 3 aromatic carbocycles. The maximum absolute atomic E-state index is 13.3. The molecule has 0 aliphatic carbocycles. The number of para-hydroxylation sites is 1. The molecule has 0 saturated carbocycles. The van der Waals surface area contributed by atoms with Crippen molar-refractivity contribution in [2.75, 3.05) is 5.32 Å². The molecule has 0 saturated heterocycles. The van der Waals surface area contributed by atoms with Gasteiger partial charge in [0.2, 0.25) is 21.2 Å². The van der Waals surface area contributed by atoms with Crippen LogP contribution in [0.25, 0.3) is 10.9 Å². The summed E-state index contributed by atoms with van der Waals surface area (Å²) in [6, 6.07) is 18.3. The Balaban J connectivity index is 1.85. The van der Waals surface area contributed by atoms with Crippen molar-refractivity contribution < 1.29 is 17.6 Å². The highest BCUT2D eigenvalue weighted by Crippen LogP contribution is 2.22. The van der Waals surface area contributed by atoms with Gasteiger partial charge in [-0.3, -0.25) is 9.59 Å². The van der Waals surface area contributed by atoms with Crippen molar-refractivity contribution in [1.82, 2.24) is 4.57 Å². The minimum absolute atomic E-state index is 0.199. The molecule has 0 spiro atoms. The molecule has 0 radical (unpaired) electrons. The van der Waals surface area contributed by atoms with Crippen molar-refractivity contribution >= 4 is 32.3 Å². The first-order chi connectivity index (χ1) is 15.8. The molecule has 1 aromatic heterocycles. The number of halogens is 1. The quantitative estimate of drug-likeness (QED) is 0.434. The van der Waals surface area contributed by atoms with Gasteiger partial charge in [-0.05, 0) is 60.5 Å². The van der Waals surface area contributed by atoms with Crippen LogP contribution in [0.4, 0.5) is 10.1 Å². The summed E-state index contributed by atoms with van der Waals surface area (Å²) in [6.45, 7) is 1.72. The van der Waals surface area contributed by atoms with Crippen LogP contribution in [0.3, 0.4) is 0 Å². The molecule has 1 N–H and O–H groups in total. The number of anilines is 1. The molecule has 168 valence electrons. The topological polar surface area (TPSA) is 85.2 Å². The average Bonchev–Trinajstić information content (AvgIpc) is 2.81. The maximum atomic E-state index is 13.3. The number of aromatic nitrogens is 1. The van der Waals surface area contributed by atoms with Crippen LogP contribution >= 0.6 is 0 Å². The minimum atomic E-state index is -4.25. The Morgan fingerprint density at radius 1 is 1.00 bits per heavy atom. The number of pyridine rings is 1. The molecular formula is C25H21FN2O4S. The van der Waals surface area contributed by atoms with Gasteiger partial charge in [-0.15, -0.1) is 0 Å². The van der Waals surface area contributed by atoms with E-state index in [9.17, 15) is 22.4 Å². The fourth-order valence-electron chi connectivity index (χ4n) is 3.58. The number of fused-ring (bicyclic) bond motifs is 1. The molecule has 1 heterocycles. The summed E-state index contributed by atoms with van der Waals surface area (Å²) in [4.78, 5) is 25.3. The number of benzene rings is 3. The minimum Gasteiger partial charge on any atom is -0.336 e. The van der Waals surface area contributed by atoms with Crippen LogP contribution in [-0.4, -0.2) is 18.9 Å². The first-order valence-electron chi connectivity index (χ1n) is 10.3. The molecule has 33 heavy (non-hydrogen) atoms. The van der Waals surface area contributed by atoms with E-state index in [2.05, 4.69) is 5.32 Å². The van der Waals surface area contributed by atoms with Gasteiger partial charge in [0, 0.05) is 17.3 Å². The number of carbonyl (C=O) groups is 1. The van der Waals surface area contributed by atoms with Gasteiger partial charge in [0.1, 0.15) is 17.3 Å². The second kappa shape index (κ2) is 8.99. The SMILES string of the molecule is CCc1ccc2c(c1)c(=O)c(S(=O)(=O)c1ccc(F)cc1)cn2CC(=O)Nc1ccccc1. The Labute approximate surface area is 190 Å². The molecular weight excluding hydrogens is 443 g/mol. The Kier molecular flexibility index (Phi) is 6.11. The van der Waals surface area contributed by atoms with Gasteiger partial charge in [0.05, 0.1) is 10.4 Å². The van der Waals surface area contributed by atoms with Gasteiger partial charge >= 0.3 is 0 Å². The van der Waals surface area contributed by atoms with Crippen molar-refractivity contribution in [2.45, 2.75) is 29.7 Å². The zero-order valence-electron chi connectivity index (χ0n) is 17.8. The van der Waals surface area contributed by atoms with Crippen LogP contribution in [0.15, 0.2) is 93.6 Å². The number of nitrogens with one attached hydrogen (secondary N) is 1. The summed E-state index contributed by atoms with van der Waals surface area (Å²) in [7, 11) is -4.25. The zero-order valence-corrected chi connectivity index (χ0v) is 18.6. The van der Waals surface area contributed by atoms with Gasteiger partial charge in [-0.1, -0.05) is 31.2 Å². The molecule has 4 rings (SSSR count). The lowest BCUT2D eigenvalue weighted by molar-refractivity contribution is -0.116. The highest BCUT2D eigenvalue weighted by Gasteiger charge is 2.24. The summed E-state index contributed by atoms with van der Waals surface area (Å²) in [5.41, 5.74) is 1.24. The molecule has 0 aliphatic heterocycles. The molecule has 0 fully saturated rings. The predicted molar refractivity (Wildman–Crippen MR) is 125 cm³/mol. The molecule has 0 aliphatic rings. The number of rotatable bonds is 6. The van der Waals surface area contributed by atoms with Gasteiger partial charge in [-0.25, -0.2) is 12.8 Å². The monoisotopic (exact) mass is 464 g/mol. The van der Waals surface area contributed by atoms with E-state index in [0.717, 1.165) is 29.8 Å². The lowest BCUT2D eigenvalue weighted by Crippen LogP contribution is -2.24. The van der Waals surface area contributed by atoms with Crippen LogP contribution in [0, 0.1) is 5.82 Å². The first-order valence-corrected chi connectivity index (χ1v) is 11.8. The zero-order chi connectivity index (χ0) is 23.6. The highest BCUT2D eigenvalue weighted by molar-refractivity contribution is 7.91. The van der Waals surface area contributed by atoms with Crippen molar-refractivity contribution in [2.24, 2.45) is 0 Å². The summed E-state index contributed by atoms with van der Waals surface area (Å²) >= 11 is 0. The van der Waals surface area contributed by atoms with Crippen LogP contribution in [0.1, 0.15) is 12.5 Å². The van der Waals surface area contributed by atoms with E-state index in [4.69, 9.17) is 0 Å². The van der Waals surface area contributed by atoms with E-state index in [1.165, 1.54) is 10.8 Å². The third kappa shape index (κ3) is 4.56. The number of hydrogen-bond acceptors (Lipinski definition) is 4. The second-order valence-electron chi connectivity index (χ2n) is 7.53. The fraction of sp³-hybridized carbons (Fsp3) is 0.120. The summed E-state index contributed by atoms with van der Waals surface area (Å²) < 4.78 is 41.3. The van der Waals surface area contributed by atoms with E-state index in [1.807, 2.05) is 19.1 Å². The highest BCUT2D eigenvalue weighted by atomic mass is 32.2. The van der Waals surface area contributed by atoms with E-state index >= 15 is 0 Å². The van der Waals surface area contributed by atoms with Gasteiger partial charge < -0.3 is 9.88 Å². The van der Waals surface area contributed by atoms with E-state index in [0.29, 0.717) is 17.6 Å². The molecule has 4 aromatic rings. The molecule has 8 heteroatoms. The summed E-state index contributed by atoms with van der Waals surface area (Å²) in [6.07, 6.45) is 1.83. The smallest absolute Gasteiger partial charge is 0.244 e. The molecule has 6 nitrogen and oxygen atoms in total. The Hall–Kier alpha value is -3.78. The third-order valence-electron chi connectivity index (χ3n) is 5.31. The van der Waals surface area contributed by atoms with Crippen molar-refractivity contribution in [3.8, 4) is 0 Å². The van der Waals surface area contributed by atoms with Crippen molar-refractivity contribution in [3.63, 3.8) is 0 Å². The van der Waals surface area contributed by atoms with Crippen LogP contribution in [0.5, 0.6) is 0 Å². The average molecular weight is 465 g/mol. The van der Waals surface area contributed by atoms with Gasteiger partial charge in [0.25, 0.3) is 0 Å². The number of sulfone groups is 1. The number of carbonyl (C=O) groups excluding carboxylic acids is 1. The Bertz CT molecular complexity index is 1500. The normalized spacial score (nSPS) is 11.5. The molecule has 1 amide bonds. The lowest BCUT2D eigenvalue weighted by atomic mass is 10.1. The maximum Gasteiger partial charge on any atom is 0.244 e. The largest absolute Gasteiger partial charge is 0.336 e.